The van der Waals surface area contributed by atoms with Crippen LogP contribution in [0.4, 0.5) is 0 Å². The largest absolute Gasteiger partial charge is 0.0619 e. The molecule has 4 aromatic carbocycles. The average molecular weight is 318 g/mol. The minimum Gasteiger partial charge on any atom is -0.0619 e. The zero-order valence-electron chi connectivity index (χ0n) is 14.0. The summed E-state index contributed by atoms with van der Waals surface area (Å²) in [5, 5.41) is 2.77. The predicted molar refractivity (Wildman–Crippen MR) is 104 cm³/mol. The highest BCUT2D eigenvalue weighted by atomic mass is 14.5. The van der Waals surface area contributed by atoms with Gasteiger partial charge in [0.15, 0.2) is 0 Å². The van der Waals surface area contributed by atoms with E-state index in [1.807, 2.05) is 0 Å². The maximum Gasteiger partial charge on any atom is 0.0475 e. The van der Waals surface area contributed by atoms with E-state index in [1.165, 1.54) is 45.0 Å². The predicted octanol–water partition coefficient (Wildman–Crippen LogP) is 6.10. The fourth-order valence-corrected chi connectivity index (χ4v) is 5.34. The number of benzene rings is 4. The summed E-state index contributed by atoms with van der Waals surface area (Å²) in [7, 11) is 0. The molecular weight excluding hydrogens is 300 g/mol. The van der Waals surface area contributed by atoms with Gasteiger partial charge in [0.1, 0.15) is 0 Å². The van der Waals surface area contributed by atoms with Crippen LogP contribution in [0, 0.1) is 0 Å². The molecule has 0 N–H and O–H groups in total. The minimum absolute atomic E-state index is 0.0172. The summed E-state index contributed by atoms with van der Waals surface area (Å²) in [5.41, 5.74) is 8.90. The third-order valence-electron chi connectivity index (χ3n) is 6.28. The van der Waals surface area contributed by atoms with Crippen molar-refractivity contribution >= 4 is 10.8 Å². The van der Waals surface area contributed by atoms with Crippen molar-refractivity contribution in [1.82, 2.24) is 0 Å². The molecule has 4 aromatic rings. The van der Waals surface area contributed by atoms with Crippen LogP contribution < -0.4 is 0 Å². The van der Waals surface area contributed by atoms with Crippen molar-refractivity contribution < 1.29 is 0 Å². The van der Waals surface area contributed by atoms with Crippen LogP contribution in [0.15, 0.2) is 84.9 Å². The maximum atomic E-state index is 2.36. The lowest BCUT2D eigenvalue weighted by atomic mass is 9.72. The Balaban J connectivity index is 1.82. The lowest BCUT2D eigenvalue weighted by Crippen LogP contribution is -2.23. The minimum atomic E-state index is 0.0172. The molecule has 2 aliphatic rings. The molecule has 25 heavy (non-hydrogen) atoms. The Morgan fingerprint density at radius 3 is 2.00 bits per heavy atom. The van der Waals surface area contributed by atoms with E-state index in [1.54, 1.807) is 5.56 Å². The number of hydrogen-bond donors (Lipinski definition) is 0. The van der Waals surface area contributed by atoms with Gasteiger partial charge in [-0.3, -0.25) is 0 Å². The van der Waals surface area contributed by atoms with E-state index < -0.39 is 0 Å². The van der Waals surface area contributed by atoms with Gasteiger partial charge in [0.25, 0.3) is 0 Å². The van der Waals surface area contributed by atoms with E-state index in [0.29, 0.717) is 0 Å². The highest BCUT2D eigenvalue weighted by molar-refractivity contribution is 5.94. The number of fused-ring (bicyclic) bond motifs is 9. The van der Waals surface area contributed by atoms with Gasteiger partial charge in [0.05, 0.1) is 0 Å². The third-order valence-corrected chi connectivity index (χ3v) is 6.28. The quantitative estimate of drug-likeness (QED) is 0.367. The number of hydrogen-bond acceptors (Lipinski definition) is 0. The van der Waals surface area contributed by atoms with Crippen LogP contribution in [0.2, 0.25) is 0 Å². The van der Waals surface area contributed by atoms with Gasteiger partial charge in [-0.25, -0.2) is 0 Å². The van der Waals surface area contributed by atoms with Gasteiger partial charge in [-0.1, -0.05) is 84.9 Å². The number of rotatable bonds is 0. The first-order valence-electron chi connectivity index (χ1n) is 9.10. The van der Waals surface area contributed by atoms with E-state index in [2.05, 4.69) is 84.9 Å². The molecule has 0 unspecified atom stereocenters. The first-order valence-corrected chi connectivity index (χ1v) is 9.10. The summed E-state index contributed by atoms with van der Waals surface area (Å²) >= 11 is 0. The standard InChI is InChI=1S/C25H18/c1-2-8-19-17(7-1)13-14-18-15-16-25(24(18)19)22-11-5-3-9-20(22)21-10-4-6-12-23(21)25/h1-14H,15-16H2. The summed E-state index contributed by atoms with van der Waals surface area (Å²) in [6.45, 7) is 0. The van der Waals surface area contributed by atoms with E-state index >= 15 is 0 Å². The fourth-order valence-electron chi connectivity index (χ4n) is 5.34. The second kappa shape index (κ2) is 4.61. The van der Waals surface area contributed by atoms with Crippen molar-refractivity contribution in [2.75, 3.05) is 0 Å². The SMILES string of the molecule is c1ccc2c(c1)-c1ccccc1C21CCc2ccc3ccccc3c21. The van der Waals surface area contributed by atoms with Gasteiger partial charge in [-0.2, -0.15) is 0 Å². The second-order valence-electron chi connectivity index (χ2n) is 7.32. The highest BCUT2D eigenvalue weighted by Crippen LogP contribution is 2.59. The van der Waals surface area contributed by atoms with Crippen molar-refractivity contribution in [3.63, 3.8) is 0 Å². The van der Waals surface area contributed by atoms with E-state index in [-0.39, 0.29) is 5.41 Å². The molecule has 0 heteroatoms. The van der Waals surface area contributed by atoms with Crippen molar-refractivity contribution in [3.05, 3.63) is 107 Å². The molecule has 0 fully saturated rings. The van der Waals surface area contributed by atoms with Gasteiger partial charge in [-0.05, 0) is 57.0 Å². The molecule has 1 spiro atoms. The molecule has 6 rings (SSSR count). The molecule has 2 aliphatic carbocycles. The first kappa shape index (κ1) is 13.4. The smallest absolute Gasteiger partial charge is 0.0475 e. The summed E-state index contributed by atoms with van der Waals surface area (Å²) < 4.78 is 0. The van der Waals surface area contributed by atoms with Gasteiger partial charge < -0.3 is 0 Å². The van der Waals surface area contributed by atoms with Crippen molar-refractivity contribution in [3.8, 4) is 11.1 Å². The Morgan fingerprint density at radius 1 is 0.600 bits per heavy atom. The summed E-state index contributed by atoms with van der Waals surface area (Å²) in [5.74, 6) is 0. The summed E-state index contributed by atoms with van der Waals surface area (Å²) in [6.07, 6.45) is 2.33. The van der Waals surface area contributed by atoms with Crippen LogP contribution in [-0.4, -0.2) is 0 Å². The Hall–Kier alpha value is -2.86. The Labute approximate surface area is 147 Å². The van der Waals surface area contributed by atoms with Crippen LogP contribution in [0.3, 0.4) is 0 Å². The van der Waals surface area contributed by atoms with Crippen molar-refractivity contribution in [2.24, 2.45) is 0 Å². The summed E-state index contributed by atoms with van der Waals surface area (Å²) in [4.78, 5) is 0. The van der Waals surface area contributed by atoms with E-state index in [4.69, 9.17) is 0 Å². The monoisotopic (exact) mass is 318 g/mol. The van der Waals surface area contributed by atoms with Crippen molar-refractivity contribution in [1.29, 1.82) is 0 Å². The third kappa shape index (κ3) is 1.53. The van der Waals surface area contributed by atoms with Crippen LogP contribution in [-0.2, 0) is 11.8 Å². The average Bonchev–Trinajstić information content (AvgIpc) is 3.21. The molecule has 0 aliphatic heterocycles. The fraction of sp³-hybridized carbons (Fsp3) is 0.120. The Morgan fingerprint density at radius 2 is 1.24 bits per heavy atom. The van der Waals surface area contributed by atoms with Crippen LogP contribution in [0.25, 0.3) is 21.9 Å². The molecule has 0 heterocycles. The normalized spacial score (nSPS) is 16.0. The first-order chi connectivity index (χ1) is 12.4. The maximum absolute atomic E-state index is 2.36. The lowest BCUT2D eigenvalue weighted by Gasteiger charge is -2.29. The molecule has 0 atom stereocenters. The molecule has 0 amide bonds. The molecule has 0 bridgehead atoms. The van der Waals surface area contributed by atoms with E-state index in [9.17, 15) is 0 Å². The van der Waals surface area contributed by atoms with Gasteiger partial charge in [-0.15, -0.1) is 0 Å². The Kier molecular flexibility index (Phi) is 2.48. The molecule has 0 saturated carbocycles. The zero-order valence-corrected chi connectivity index (χ0v) is 14.0. The molecule has 0 radical (unpaired) electrons. The molecule has 0 saturated heterocycles. The lowest BCUT2D eigenvalue weighted by molar-refractivity contribution is 0.629. The zero-order chi connectivity index (χ0) is 16.4. The van der Waals surface area contributed by atoms with Crippen LogP contribution >= 0.6 is 0 Å². The molecule has 118 valence electrons. The van der Waals surface area contributed by atoms with Gasteiger partial charge in [0.2, 0.25) is 0 Å². The topological polar surface area (TPSA) is 0 Å². The second-order valence-corrected chi connectivity index (χ2v) is 7.32. The molecular formula is C25H18. The van der Waals surface area contributed by atoms with Crippen LogP contribution in [0.5, 0.6) is 0 Å². The van der Waals surface area contributed by atoms with Crippen molar-refractivity contribution in [2.45, 2.75) is 18.3 Å². The molecule has 0 aromatic heterocycles. The molecule has 0 nitrogen and oxygen atoms in total. The van der Waals surface area contributed by atoms with Crippen LogP contribution in [0.1, 0.15) is 28.7 Å². The summed E-state index contributed by atoms with van der Waals surface area (Å²) in [6, 6.07) is 31.6. The highest BCUT2D eigenvalue weighted by Gasteiger charge is 2.48. The Bertz CT molecular complexity index is 1100. The van der Waals surface area contributed by atoms with Gasteiger partial charge >= 0.3 is 0 Å². The van der Waals surface area contributed by atoms with Gasteiger partial charge in [0, 0.05) is 5.41 Å². The van der Waals surface area contributed by atoms with E-state index in [0.717, 1.165) is 6.42 Å². The number of aryl methyl sites for hydroxylation is 1.